The monoisotopic (exact) mass is 622 g/mol. The third kappa shape index (κ3) is 6.55. The smallest absolute Gasteiger partial charge is 0.394 e. The standard InChI is InChI=1S/C34H37F3N4O4/c1-21-17-41(22(2)19-42)32(43)31-30(27-14-7-8-15-28(27)40(31)4)26-13-6-5-10-23(26)20-45-29(21)18-39(3)33(44)38-25-12-9-11-24(16-25)34(35,36)37/h5-16,21-22,29,42H,17-20H2,1-4H3,(H,38,44)/t21-,22+,29-/m1/s1. The number of para-hydroxylation sites is 1. The predicted octanol–water partition coefficient (Wildman–Crippen LogP) is 6.39. The fourth-order valence-electron chi connectivity index (χ4n) is 5.87. The van der Waals surface area contributed by atoms with E-state index in [0.717, 1.165) is 39.7 Å². The number of ether oxygens (including phenoxy) is 1. The molecule has 2 N–H and O–H groups in total. The van der Waals surface area contributed by atoms with Crippen LogP contribution in [0.4, 0.5) is 23.7 Å². The molecule has 11 heteroatoms. The minimum Gasteiger partial charge on any atom is -0.394 e. The van der Waals surface area contributed by atoms with Crippen LogP contribution in [0.15, 0.2) is 72.8 Å². The number of aliphatic hydroxyl groups is 1. The highest BCUT2D eigenvalue weighted by atomic mass is 19.4. The van der Waals surface area contributed by atoms with Crippen LogP contribution in [-0.2, 0) is 24.6 Å². The van der Waals surface area contributed by atoms with Gasteiger partial charge in [-0.1, -0.05) is 55.5 Å². The van der Waals surface area contributed by atoms with Crippen molar-refractivity contribution >= 4 is 28.5 Å². The number of halogens is 3. The zero-order valence-corrected chi connectivity index (χ0v) is 25.6. The Kier molecular flexibility index (Phi) is 9.22. The Morgan fingerprint density at radius 3 is 2.56 bits per heavy atom. The number of carbonyl (C=O) groups excluding carboxylic acids is 2. The number of hydrogen-bond donors (Lipinski definition) is 2. The number of carbonyl (C=O) groups is 2. The summed E-state index contributed by atoms with van der Waals surface area (Å²) in [7, 11) is 3.41. The molecular weight excluding hydrogens is 585 g/mol. The lowest BCUT2D eigenvalue weighted by atomic mass is 9.96. The molecule has 5 rings (SSSR count). The van der Waals surface area contributed by atoms with Crippen LogP contribution in [0, 0.1) is 5.92 Å². The first kappa shape index (κ1) is 32.1. The van der Waals surface area contributed by atoms with Gasteiger partial charge in [0.05, 0.1) is 30.9 Å². The van der Waals surface area contributed by atoms with Crippen molar-refractivity contribution in [2.24, 2.45) is 13.0 Å². The number of fused-ring (bicyclic) bond motifs is 5. The highest BCUT2D eigenvalue weighted by Crippen LogP contribution is 2.38. The topological polar surface area (TPSA) is 87.0 Å². The van der Waals surface area contributed by atoms with Gasteiger partial charge in [-0.15, -0.1) is 0 Å². The number of hydrogen-bond acceptors (Lipinski definition) is 4. The highest BCUT2D eigenvalue weighted by Gasteiger charge is 2.34. The summed E-state index contributed by atoms with van der Waals surface area (Å²) in [6.45, 7) is 3.97. The molecule has 0 radical (unpaired) electrons. The quantitative estimate of drug-likeness (QED) is 0.270. The molecule has 2 heterocycles. The molecule has 8 nitrogen and oxygen atoms in total. The average molecular weight is 623 g/mol. The molecule has 0 spiro atoms. The second kappa shape index (κ2) is 12.9. The number of urea groups is 1. The van der Waals surface area contributed by atoms with Crippen LogP contribution >= 0.6 is 0 Å². The lowest BCUT2D eigenvalue weighted by molar-refractivity contribution is -0.137. The first-order valence-electron chi connectivity index (χ1n) is 14.8. The molecule has 0 aliphatic carbocycles. The van der Waals surface area contributed by atoms with E-state index < -0.39 is 29.9 Å². The molecule has 0 unspecified atom stereocenters. The van der Waals surface area contributed by atoms with E-state index in [-0.39, 0.29) is 43.8 Å². The third-order valence-electron chi connectivity index (χ3n) is 8.47. The lowest BCUT2D eigenvalue weighted by Crippen LogP contribution is -2.48. The van der Waals surface area contributed by atoms with Crippen molar-refractivity contribution in [3.8, 4) is 11.1 Å². The van der Waals surface area contributed by atoms with Crippen molar-refractivity contribution in [2.75, 3.05) is 32.1 Å². The maximum atomic E-state index is 14.4. The molecule has 3 amide bonds. The number of aliphatic hydroxyl groups excluding tert-OH is 1. The average Bonchev–Trinajstić information content (AvgIpc) is 3.31. The SMILES string of the molecule is C[C@@H]1CN([C@@H](C)CO)C(=O)c2c(c3ccccc3n2C)-c2ccccc2CO[C@@H]1CN(C)C(=O)Nc1cccc(C(F)(F)F)c1. The van der Waals surface area contributed by atoms with Crippen molar-refractivity contribution in [3.05, 3.63) is 89.6 Å². The predicted molar refractivity (Wildman–Crippen MR) is 167 cm³/mol. The molecular formula is C34H37F3N4O4. The van der Waals surface area contributed by atoms with Crippen molar-refractivity contribution in [2.45, 2.75) is 38.8 Å². The van der Waals surface area contributed by atoms with Crippen LogP contribution in [0.3, 0.4) is 0 Å². The second-order valence-corrected chi connectivity index (χ2v) is 11.7. The van der Waals surface area contributed by atoms with E-state index >= 15 is 0 Å². The van der Waals surface area contributed by atoms with Gasteiger partial charge in [-0.05, 0) is 42.3 Å². The molecule has 0 fully saturated rings. The molecule has 45 heavy (non-hydrogen) atoms. The summed E-state index contributed by atoms with van der Waals surface area (Å²) in [6, 6.07) is 18.9. The molecule has 4 aromatic rings. The molecule has 3 atom stereocenters. The fourth-order valence-corrected chi connectivity index (χ4v) is 5.87. The molecule has 0 saturated heterocycles. The highest BCUT2D eigenvalue weighted by molar-refractivity contribution is 6.10. The van der Waals surface area contributed by atoms with Gasteiger partial charge in [0.25, 0.3) is 5.91 Å². The van der Waals surface area contributed by atoms with Crippen LogP contribution in [0.25, 0.3) is 22.0 Å². The van der Waals surface area contributed by atoms with Gasteiger partial charge in [0.2, 0.25) is 0 Å². The number of alkyl halides is 3. The number of rotatable bonds is 5. The number of aromatic nitrogens is 1. The number of aryl methyl sites for hydroxylation is 1. The van der Waals surface area contributed by atoms with E-state index in [4.69, 9.17) is 4.74 Å². The number of likely N-dealkylation sites (N-methyl/N-ethyl adjacent to an activating group) is 1. The molecule has 238 valence electrons. The lowest BCUT2D eigenvalue weighted by Gasteiger charge is -2.35. The number of anilines is 1. The van der Waals surface area contributed by atoms with Gasteiger partial charge < -0.3 is 29.5 Å². The number of nitrogens with one attached hydrogen (secondary N) is 1. The van der Waals surface area contributed by atoms with Gasteiger partial charge >= 0.3 is 12.2 Å². The Morgan fingerprint density at radius 1 is 1.11 bits per heavy atom. The van der Waals surface area contributed by atoms with Crippen molar-refractivity contribution in [3.63, 3.8) is 0 Å². The Bertz CT molecular complexity index is 1700. The maximum Gasteiger partial charge on any atom is 0.416 e. The molecule has 3 aromatic carbocycles. The minimum atomic E-state index is -4.54. The first-order valence-corrected chi connectivity index (χ1v) is 14.8. The Balaban J connectivity index is 1.49. The van der Waals surface area contributed by atoms with Crippen molar-refractivity contribution in [1.29, 1.82) is 0 Å². The fraction of sp³-hybridized carbons (Fsp3) is 0.353. The second-order valence-electron chi connectivity index (χ2n) is 11.7. The van der Waals surface area contributed by atoms with E-state index in [9.17, 15) is 27.9 Å². The summed E-state index contributed by atoms with van der Waals surface area (Å²) >= 11 is 0. The Labute approximate surface area is 260 Å². The van der Waals surface area contributed by atoms with Gasteiger partial charge in [0.15, 0.2) is 0 Å². The summed E-state index contributed by atoms with van der Waals surface area (Å²) in [5.41, 5.74) is 3.06. The summed E-state index contributed by atoms with van der Waals surface area (Å²) in [5.74, 6) is -0.529. The Hall–Kier alpha value is -4.35. The summed E-state index contributed by atoms with van der Waals surface area (Å²) in [6.07, 6.45) is -5.10. The van der Waals surface area contributed by atoms with E-state index in [2.05, 4.69) is 5.32 Å². The summed E-state index contributed by atoms with van der Waals surface area (Å²) < 4.78 is 48.0. The van der Waals surface area contributed by atoms with E-state index in [0.29, 0.717) is 5.69 Å². The van der Waals surface area contributed by atoms with E-state index in [1.165, 1.54) is 17.0 Å². The minimum absolute atomic E-state index is 0.0190. The molecule has 1 aliphatic heterocycles. The normalized spacial score (nSPS) is 18.1. The largest absolute Gasteiger partial charge is 0.416 e. The zero-order valence-electron chi connectivity index (χ0n) is 25.6. The number of amides is 3. The molecule has 1 aromatic heterocycles. The molecule has 1 aliphatic rings. The van der Waals surface area contributed by atoms with Gasteiger partial charge in [-0.3, -0.25) is 4.79 Å². The zero-order chi connectivity index (χ0) is 32.5. The molecule has 0 saturated carbocycles. The number of benzene rings is 3. The van der Waals surface area contributed by atoms with Gasteiger partial charge in [-0.25, -0.2) is 4.79 Å². The van der Waals surface area contributed by atoms with Crippen LogP contribution in [-0.4, -0.2) is 70.3 Å². The molecule has 0 bridgehead atoms. The Morgan fingerprint density at radius 2 is 1.82 bits per heavy atom. The van der Waals surface area contributed by atoms with Gasteiger partial charge in [0.1, 0.15) is 5.69 Å². The van der Waals surface area contributed by atoms with E-state index in [1.807, 2.05) is 67.1 Å². The maximum absolute atomic E-state index is 14.4. The third-order valence-corrected chi connectivity index (χ3v) is 8.47. The van der Waals surface area contributed by atoms with Crippen LogP contribution in [0.1, 0.15) is 35.5 Å². The van der Waals surface area contributed by atoms with Gasteiger partial charge in [-0.2, -0.15) is 13.2 Å². The number of nitrogens with zero attached hydrogens (tertiary/aromatic N) is 3. The van der Waals surface area contributed by atoms with E-state index in [1.54, 1.807) is 18.9 Å². The van der Waals surface area contributed by atoms with Crippen LogP contribution in [0.2, 0.25) is 0 Å². The summed E-state index contributed by atoms with van der Waals surface area (Å²) in [4.78, 5) is 30.6. The summed E-state index contributed by atoms with van der Waals surface area (Å²) in [5, 5.41) is 13.6. The first-order chi connectivity index (χ1) is 21.4. The van der Waals surface area contributed by atoms with Crippen molar-refractivity contribution < 1.29 is 32.6 Å². The van der Waals surface area contributed by atoms with Crippen LogP contribution < -0.4 is 5.32 Å². The van der Waals surface area contributed by atoms with Gasteiger partial charge in [0, 0.05) is 55.3 Å². The van der Waals surface area contributed by atoms with Crippen molar-refractivity contribution in [1.82, 2.24) is 14.4 Å². The van der Waals surface area contributed by atoms with Crippen LogP contribution in [0.5, 0.6) is 0 Å².